The van der Waals surface area contributed by atoms with E-state index in [0.717, 1.165) is 25.4 Å². The Hall–Kier alpha value is -2.16. The third-order valence-corrected chi connectivity index (χ3v) is 7.84. The fraction of sp³-hybridized carbons (Fsp3) is 0.692. The SMILES string of the molecule is CC(=O)N(C)[C@H]1CC2(CCN(C(=O)c3cccc(OCCN4CCCC4)c3)CC2)OC[C@]1(C)O. The fourth-order valence-electron chi connectivity index (χ4n) is 5.47. The summed E-state index contributed by atoms with van der Waals surface area (Å²) >= 11 is 0. The second-order valence-electron chi connectivity index (χ2n) is 10.4. The van der Waals surface area contributed by atoms with Crippen molar-refractivity contribution in [3.05, 3.63) is 29.8 Å². The first kappa shape index (κ1) is 24.9. The van der Waals surface area contributed by atoms with E-state index in [2.05, 4.69) is 4.90 Å². The summed E-state index contributed by atoms with van der Waals surface area (Å²) in [6, 6.07) is 7.14. The molecule has 2 amide bonds. The molecule has 188 valence electrons. The van der Waals surface area contributed by atoms with Gasteiger partial charge in [-0.2, -0.15) is 0 Å². The number of aliphatic hydroxyl groups is 1. The van der Waals surface area contributed by atoms with E-state index in [1.165, 1.54) is 19.8 Å². The van der Waals surface area contributed by atoms with Crippen LogP contribution in [0.5, 0.6) is 5.75 Å². The molecule has 1 aromatic carbocycles. The third-order valence-electron chi connectivity index (χ3n) is 7.84. The summed E-state index contributed by atoms with van der Waals surface area (Å²) < 4.78 is 12.1. The van der Waals surface area contributed by atoms with Crippen LogP contribution in [-0.4, -0.2) is 102 Å². The zero-order valence-electron chi connectivity index (χ0n) is 20.8. The molecular formula is C26H39N3O5. The van der Waals surface area contributed by atoms with Gasteiger partial charge in [0.25, 0.3) is 5.91 Å². The van der Waals surface area contributed by atoms with Crippen molar-refractivity contribution in [2.45, 2.75) is 63.2 Å². The molecule has 1 N–H and O–H groups in total. The number of amides is 2. The molecule has 4 rings (SSSR count). The van der Waals surface area contributed by atoms with Crippen LogP contribution in [-0.2, 0) is 9.53 Å². The van der Waals surface area contributed by atoms with E-state index < -0.39 is 11.2 Å². The highest BCUT2D eigenvalue weighted by atomic mass is 16.5. The minimum Gasteiger partial charge on any atom is -0.492 e. The number of piperidine rings is 1. The fourth-order valence-corrected chi connectivity index (χ4v) is 5.47. The Morgan fingerprint density at radius 3 is 2.59 bits per heavy atom. The molecule has 2 atom stereocenters. The molecule has 3 aliphatic heterocycles. The molecule has 0 aromatic heterocycles. The molecule has 3 aliphatic rings. The summed E-state index contributed by atoms with van der Waals surface area (Å²) in [4.78, 5) is 31.1. The number of nitrogens with zero attached hydrogens (tertiary/aromatic N) is 3. The van der Waals surface area contributed by atoms with Gasteiger partial charge in [0.15, 0.2) is 0 Å². The van der Waals surface area contributed by atoms with Crippen LogP contribution in [0.3, 0.4) is 0 Å². The van der Waals surface area contributed by atoms with Crippen molar-refractivity contribution in [2.24, 2.45) is 0 Å². The number of likely N-dealkylation sites (N-methyl/N-ethyl adjacent to an activating group) is 1. The standard InChI is InChI=1S/C26H39N3O5/c1-20(30)27(3)23-18-26(34-19-25(23,2)32)9-13-29(14-10-26)24(31)21-7-6-8-22(17-21)33-16-15-28-11-4-5-12-28/h6-8,17,23,32H,4-5,9-16,18-19H2,1-3H3/t23-,25-/m0/s1. The quantitative estimate of drug-likeness (QED) is 0.682. The minimum absolute atomic E-state index is 0.0000490. The number of likely N-dealkylation sites (tertiary alicyclic amines) is 2. The monoisotopic (exact) mass is 473 g/mol. The Kier molecular flexibility index (Phi) is 7.50. The Morgan fingerprint density at radius 2 is 1.91 bits per heavy atom. The van der Waals surface area contributed by atoms with Gasteiger partial charge in [-0.3, -0.25) is 14.5 Å². The molecule has 0 bridgehead atoms. The van der Waals surface area contributed by atoms with Crippen molar-refractivity contribution in [2.75, 3.05) is 53.0 Å². The van der Waals surface area contributed by atoms with E-state index in [0.29, 0.717) is 44.5 Å². The second-order valence-corrected chi connectivity index (χ2v) is 10.4. The van der Waals surface area contributed by atoms with Gasteiger partial charge in [-0.15, -0.1) is 0 Å². The summed E-state index contributed by atoms with van der Waals surface area (Å²) in [6.45, 7) is 8.42. The van der Waals surface area contributed by atoms with E-state index in [9.17, 15) is 14.7 Å². The van der Waals surface area contributed by atoms with Crippen LogP contribution in [0, 0.1) is 0 Å². The smallest absolute Gasteiger partial charge is 0.253 e. The Morgan fingerprint density at radius 1 is 1.21 bits per heavy atom. The Balaban J connectivity index is 1.33. The van der Waals surface area contributed by atoms with Gasteiger partial charge in [0.05, 0.1) is 18.2 Å². The van der Waals surface area contributed by atoms with E-state index in [4.69, 9.17) is 9.47 Å². The zero-order chi connectivity index (χ0) is 24.3. The molecule has 0 unspecified atom stereocenters. The van der Waals surface area contributed by atoms with Crippen LogP contribution in [0.1, 0.15) is 56.3 Å². The maximum atomic E-state index is 13.2. The lowest BCUT2D eigenvalue weighted by Crippen LogP contribution is -2.64. The molecule has 8 nitrogen and oxygen atoms in total. The van der Waals surface area contributed by atoms with Crippen molar-refractivity contribution in [3.63, 3.8) is 0 Å². The van der Waals surface area contributed by atoms with Gasteiger partial charge in [-0.25, -0.2) is 0 Å². The maximum absolute atomic E-state index is 13.2. The average molecular weight is 474 g/mol. The summed E-state index contributed by atoms with van der Waals surface area (Å²) in [5.41, 5.74) is -0.877. The normalized spacial score (nSPS) is 27.1. The summed E-state index contributed by atoms with van der Waals surface area (Å²) in [5.74, 6) is 0.656. The highest BCUT2D eigenvalue weighted by molar-refractivity contribution is 5.94. The number of rotatable bonds is 6. The van der Waals surface area contributed by atoms with Crippen LogP contribution < -0.4 is 4.74 Å². The predicted molar refractivity (Wildman–Crippen MR) is 129 cm³/mol. The molecule has 1 aromatic rings. The van der Waals surface area contributed by atoms with Gasteiger partial charge in [0.2, 0.25) is 5.91 Å². The van der Waals surface area contributed by atoms with Crippen LogP contribution >= 0.6 is 0 Å². The van der Waals surface area contributed by atoms with Crippen LogP contribution in [0.25, 0.3) is 0 Å². The Bertz CT molecular complexity index is 875. The first-order valence-corrected chi connectivity index (χ1v) is 12.5. The largest absolute Gasteiger partial charge is 0.492 e. The number of hydrogen-bond donors (Lipinski definition) is 1. The molecule has 8 heteroatoms. The molecule has 0 aliphatic carbocycles. The number of ether oxygens (including phenoxy) is 2. The molecule has 1 spiro atoms. The first-order valence-electron chi connectivity index (χ1n) is 12.5. The molecule has 3 heterocycles. The predicted octanol–water partition coefficient (Wildman–Crippen LogP) is 2.15. The van der Waals surface area contributed by atoms with Gasteiger partial charge in [-0.05, 0) is 70.3 Å². The first-order chi connectivity index (χ1) is 16.2. The van der Waals surface area contributed by atoms with Gasteiger partial charge in [0.1, 0.15) is 18.0 Å². The third kappa shape index (κ3) is 5.56. The van der Waals surface area contributed by atoms with Crippen LogP contribution in [0.4, 0.5) is 0 Å². The van der Waals surface area contributed by atoms with Gasteiger partial charge in [-0.1, -0.05) is 6.07 Å². The molecule has 34 heavy (non-hydrogen) atoms. The van der Waals surface area contributed by atoms with Gasteiger partial charge in [0, 0.05) is 39.2 Å². The minimum atomic E-state index is -1.09. The van der Waals surface area contributed by atoms with Crippen molar-refractivity contribution in [1.29, 1.82) is 0 Å². The zero-order valence-corrected chi connectivity index (χ0v) is 20.8. The van der Waals surface area contributed by atoms with Crippen molar-refractivity contribution < 1.29 is 24.2 Å². The second kappa shape index (κ2) is 10.2. The Labute approximate surface area is 202 Å². The molecular weight excluding hydrogens is 434 g/mol. The van der Waals surface area contributed by atoms with Crippen LogP contribution in [0.15, 0.2) is 24.3 Å². The van der Waals surface area contributed by atoms with E-state index in [1.807, 2.05) is 29.2 Å². The van der Waals surface area contributed by atoms with Crippen molar-refractivity contribution in [1.82, 2.24) is 14.7 Å². The lowest BCUT2D eigenvalue weighted by Gasteiger charge is -2.52. The molecule has 0 saturated carbocycles. The highest BCUT2D eigenvalue weighted by Gasteiger charge is 2.50. The summed E-state index contributed by atoms with van der Waals surface area (Å²) in [7, 11) is 1.74. The van der Waals surface area contributed by atoms with Gasteiger partial charge >= 0.3 is 0 Å². The summed E-state index contributed by atoms with van der Waals surface area (Å²) in [6.07, 6.45) is 4.46. The van der Waals surface area contributed by atoms with Crippen LogP contribution in [0.2, 0.25) is 0 Å². The van der Waals surface area contributed by atoms with Crippen molar-refractivity contribution in [3.8, 4) is 5.75 Å². The maximum Gasteiger partial charge on any atom is 0.253 e. The van der Waals surface area contributed by atoms with Crippen molar-refractivity contribution >= 4 is 11.8 Å². The van der Waals surface area contributed by atoms with E-state index >= 15 is 0 Å². The molecule has 0 radical (unpaired) electrons. The number of benzene rings is 1. The van der Waals surface area contributed by atoms with Gasteiger partial charge < -0.3 is 24.4 Å². The van der Waals surface area contributed by atoms with E-state index in [-0.39, 0.29) is 24.5 Å². The number of carbonyl (C=O) groups excluding carboxylic acids is 2. The highest BCUT2D eigenvalue weighted by Crippen LogP contribution is 2.40. The topological polar surface area (TPSA) is 82.6 Å². The summed E-state index contributed by atoms with van der Waals surface area (Å²) in [5, 5.41) is 10.8. The number of carbonyl (C=O) groups is 2. The number of hydrogen-bond acceptors (Lipinski definition) is 6. The molecule has 3 fully saturated rings. The van der Waals surface area contributed by atoms with E-state index in [1.54, 1.807) is 18.9 Å². The molecule has 3 saturated heterocycles. The average Bonchev–Trinajstić information content (AvgIpc) is 3.34. The lowest BCUT2D eigenvalue weighted by atomic mass is 9.77. The lowest BCUT2D eigenvalue weighted by molar-refractivity contribution is -0.207.